The van der Waals surface area contributed by atoms with Crippen molar-refractivity contribution in [3.63, 3.8) is 0 Å². The summed E-state index contributed by atoms with van der Waals surface area (Å²) in [6, 6.07) is 7.69. The predicted octanol–water partition coefficient (Wildman–Crippen LogP) is 2.99. The molecule has 1 aromatic rings. The van der Waals surface area contributed by atoms with Crippen LogP contribution >= 0.6 is 0 Å². The first-order valence-electron chi connectivity index (χ1n) is 5.87. The molecular formula is C13H19NO3Si. The minimum absolute atomic E-state index is 0.305. The Bertz CT molecular complexity index is 421. The molecule has 0 heterocycles. The first-order chi connectivity index (χ1) is 8.42. The largest absolute Gasteiger partial charge is 0.462 e. The minimum atomic E-state index is -1.17. The van der Waals surface area contributed by atoms with Gasteiger partial charge in [-0.15, -0.1) is 0 Å². The van der Waals surface area contributed by atoms with Crippen LogP contribution in [-0.2, 0) is 4.74 Å². The molecule has 18 heavy (non-hydrogen) atoms. The van der Waals surface area contributed by atoms with Crippen LogP contribution in [0.2, 0.25) is 25.7 Å². The van der Waals surface area contributed by atoms with Crippen LogP contribution in [0.15, 0.2) is 29.4 Å². The number of nitrogens with zero attached hydrogens (tertiary/aromatic N) is 1. The van der Waals surface area contributed by atoms with E-state index in [2.05, 4.69) is 24.8 Å². The van der Waals surface area contributed by atoms with Crippen molar-refractivity contribution in [3.05, 3.63) is 35.4 Å². The second-order valence-electron chi connectivity index (χ2n) is 5.31. The van der Waals surface area contributed by atoms with E-state index in [-0.39, 0.29) is 5.97 Å². The Kier molecular flexibility index (Phi) is 5.09. The molecular weight excluding hydrogens is 246 g/mol. The summed E-state index contributed by atoms with van der Waals surface area (Å²) in [4.78, 5) is 11.7. The molecule has 0 amide bonds. The molecule has 0 saturated heterocycles. The average Bonchev–Trinajstić information content (AvgIpc) is 2.28. The van der Waals surface area contributed by atoms with Crippen molar-refractivity contribution < 1.29 is 14.7 Å². The zero-order chi connectivity index (χ0) is 13.6. The Morgan fingerprint density at radius 1 is 1.33 bits per heavy atom. The normalized spacial score (nSPS) is 11.7. The molecule has 0 aliphatic carbocycles. The number of esters is 1. The van der Waals surface area contributed by atoms with Gasteiger partial charge in [0.05, 0.1) is 18.4 Å². The van der Waals surface area contributed by atoms with E-state index >= 15 is 0 Å². The fourth-order valence-electron chi connectivity index (χ4n) is 1.31. The first-order valence-corrected chi connectivity index (χ1v) is 9.58. The maximum absolute atomic E-state index is 11.7. The van der Waals surface area contributed by atoms with Crippen LogP contribution in [0.3, 0.4) is 0 Å². The second-order valence-corrected chi connectivity index (χ2v) is 10.9. The summed E-state index contributed by atoms with van der Waals surface area (Å²) in [6.45, 7) is 7.20. The van der Waals surface area contributed by atoms with Crippen LogP contribution in [0.25, 0.3) is 0 Å². The van der Waals surface area contributed by atoms with E-state index in [9.17, 15) is 4.79 Å². The van der Waals surface area contributed by atoms with Crippen molar-refractivity contribution in [1.29, 1.82) is 0 Å². The molecule has 0 saturated carbocycles. The second kappa shape index (κ2) is 6.35. The number of oxime groups is 1. The first kappa shape index (κ1) is 14.4. The third-order valence-electron chi connectivity index (χ3n) is 2.44. The number of rotatable bonds is 5. The predicted molar refractivity (Wildman–Crippen MR) is 74.3 cm³/mol. The van der Waals surface area contributed by atoms with Gasteiger partial charge < -0.3 is 9.94 Å². The lowest BCUT2D eigenvalue weighted by Gasteiger charge is -2.15. The van der Waals surface area contributed by atoms with E-state index in [1.807, 2.05) is 0 Å². The molecule has 0 aliphatic heterocycles. The van der Waals surface area contributed by atoms with Crippen LogP contribution < -0.4 is 0 Å². The maximum Gasteiger partial charge on any atom is 0.338 e. The third kappa shape index (κ3) is 5.14. The van der Waals surface area contributed by atoms with E-state index in [0.29, 0.717) is 12.2 Å². The molecule has 5 heteroatoms. The standard InChI is InChI=1S/C13H19NO3Si/c1-18(2,3)9-8-17-13(15)12-6-4-11(5-7-12)10-14-16/h4-7,10,16H,8-9H2,1-3H3/b14-10+. The Morgan fingerprint density at radius 2 is 1.94 bits per heavy atom. The molecule has 1 aromatic carbocycles. The zero-order valence-corrected chi connectivity index (χ0v) is 12.0. The van der Waals surface area contributed by atoms with Crippen LogP contribution in [0, 0.1) is 0 Å². The van der Waals surface area contributed by atoms with Crippen molar-refractivity contribution in [3.8, 4) is 0 Å². The quantitative estimate of drug-likeness (QED) is 0.293. The molecule has 98 valence electrons. The van der Waals surface area contributed by atoms with Crippen molar-refractivity contribution in [2.24, 2.45) is 5.16 Å². The molecule has 0 unspecified atom stereocenters. The van der Waals surface area contributed by atoms with Gasteiger partial charge in [0.2, 0.25) is 0 Å². The highest BCUT2D eigenvalue weighted by Gasteiger charge is 2.14. The molecule has 0 bridgehead atoms. The van der Waals surface area contributed by atoms with Gasteiger partial charge in [-0.2, -0.15) is 0 Å². The Balaban J connectivity index is 2.51. The number of carbonyl (C=O) groups excluding carboxylic acids is 1. The molecule has 0 fully saturated rings. The van der Waals surface area contributed by atoms with E-state index in [0.717, 1.165) is 11.6 Å². The van der Waals surface area contributed by atoms with Crippen molar-refractivity contribution >= 4 is 20.3 Å². The van der Waals surface area contributed by atoms with Crippen molar-refractivity contribution in [1.82, 2.24) is 0 Å². The topological polar surface area (TPSA) is 58.9 Å². The van der Waals surface area contributed by atoms with Crippen LogP contribution in [0.1, 0.15) is 15.9 Å². The lowest BCUT2D eigenvalue weighted by atomic mass is 10.1. The molecule has 0 aliphatic rings. The fraction of sp³-hybridized carbons (Fsp3) is 0.385. The highest BCUT2D eigenvalue weighted by Crippen LogP contribution is 2.10. The van der Waals surface area contributed by atoms with Crippen molar-refractivity contribution in [2.75, 3.05) is 6.61 Å². The molecule has 0 spiro atoms. The van der Waals surface area contributed by atoms with E-state index < -0.39 is 8.07 Å². The van der Waals surface area contributed by atoms with Gasteiger partial charge in [0.1, 0.15) is 0 Å². The lowest BCUT2D eigenvalue weighted by Crippen LogP contribution is -2.22. The molecule has 1 rings (SSSR count). The van der Waals surface area contributed by atoms with Gasteiger partial charge in [0, 0.05) is 8.07 Å². The smallest absolute Gasteiger partial charge is 0.338 e. The van der Waals surface area contributed by atoms with Crippen molar-refractivity contribution in [2.45, 2.75) is 25.7 Å². The summed E-state index contributed by atoms with van der Waals surface area (Å²) < 4.78 is 5.22. The number of hydrogen-bond acceptors (Lipinski definition) is 4. The number of hydrogen-bond donors (Lipinski definition) is 1. The summed E-state index contributed by atoms with van der Waals surface area (Å²) in [6.07, 6.45) is 1.31. The van der Waals surface area contributed by atoms with E-state index in [4.69, 9.17) is 9.94 Å². The molecule has 0 aromatic heterocycles. The van der Waals surface area contributed by atoms with Gasteiger partial charge in [-0.25, -0.2) is 4.79 Å². The van der Waals surface area contributed by atoms with Gasteiger partial charge in [0.15, 0.2) is 0 Å². The summed E-state index contributed by atoms with van der Waals surface area (Å²) in [7, 11) is -1.17. The van der Waals surface area contributed by atoms with Gasteiger partial charge in [-0.1, -0.05) is 36.9 Å². The summed E-state index contributed by atoms with van der Waals surface area (Å²) >= 11 is 0. The average molecular weight is 265 g/mol. The third-order valence-corrected chi connectivity index (χ3v) is 4.14. The van der Waals surface area contributed by atoms with Gasteiger partial charge >= 0.3 is 5.97 Å². The Labute approximate surface area is 108 Å². The van der Waals surface area contributed by atoms with Gasteiger partial charge in [0.25, 0.3) is 0 Å². The van der Waals surface area contributed by atoms with E-state index in [1.165, 1.54) is 6.21 Å². The number of benzene rings is 1. The van der Waals surface area contributed by atoms with Gasteiger partial charge in [-0.3, -0.25) is 0 Å². The summed E-state index contributed by atoms with van der Waals surface area (Å²) in [5, 5.41) is 11.3. The number of carbonyl (C=O) groups is 1. The minimum Gasteiger partial charge on any atom is -0.462 e. The monoisotopic (exact) mass is 265 g/mol. The molecule has 0 atom stereocenters. The Morgan fingerprint density at radius 3 is 2.44 bits per heavy atom. The maximum atomic E-state index is 11.7. The van der Waals surface area contributed by atoms with Crippen LogP contribution in [-0.4, -0.2) is 32.1 Å². The molecule has 1 N–H and O–H groups in total. The highest BCUT2D eigenvalue weighted by atomic mass is 28.3. The van der Waals surface area contributed by atoms with Gasteiger partial charge in [-0.05, 0) is 23.7 Å². The summed E-state index contributed by atoms with van der Waals surface area (Å²) in [5.74, 6) is -0.305. The van der Waals surface area contributed by atoms with Crippen LogP contribution in [0.4, 0.5) is 0 Å². The summed E-state index contributed by atoms with van der Waals surface area (Å²) in [5.41, 5.74) is 1.25. The molecule has 0 radical (unpaired) electrons. The zero-order valence-electron chi connectivity index (χ0n) is 11.0. The highest BCUT2D eigenvalue weighted by molar-refractivity contribution is 6.76. The molecule has 4 nitrogen and oxygen atoms in total. The Hall–Kier alpha value is -1.62. The van der Waals surface area contributed by atoms with E-state index in [1.54, 1.807) is 24.3 Å². The fourth-order valence-corrected chi connectivity index (χ4v) is 2.02. The van der Waals surface area contributed by atoms with Crippen LogP contribution in [0.5, 0.6) is 0 Å². The lowest BCUT2D eigenvalue weighted by molar-refractivity contribution is 0.0525. The SMILES string of the molecule is C[Si](C)(C)CCOC(=O)c1ccc(/C=N/O)cc1. The number of ether oxygens (including phenoxy) is 1.